The number of aldehydes is 1. The van der Waals surface area contributed by atoms with Gasteiger partial charge < -0.3 is 19.0 Å². The van der Waals surface area contributed by atoms with Crippen molar-refractivity contribution in [2.24, 2.45) is 11.8 Å². The lowest BCUT2D eigenvalue weighted by Crippen LogP contribution is -2.28. The average molecular weight is 352 g/mol. The standard InChI is InChI=1S/C20H32O5/c1-5-7-12-23-18(14-21)15(3)10-9-11-17-19(24-13-8-6-2)16(4)20(22)25-17/h14-19H,5-8,10,12-13H2,1-4H3/t15-,16-,17-,18-,19-/m1/s1. The Morgan fingerprint density at radius 1 is 1.24 bits per heavy atom. The van der Waals surface area contributed by atoms with Crippen LogP contribution in [0.25, 0.3) is 0 Å². The van der Waals surface area contributed by atoms with Gasteiger partial charge >= 0.3 is 5.97 Å². The van der Waals surface area contributed by atoms with Gasteiger partial charge in [-0.2, -0.15) is 0 Å². The molecule has 0 radical (unpaired) electrons. The van der Waals surface area contributed by atoms with Crippen LogP contribution in [0.5, 0.6) is 0 Å². The monoisotopic (exact) mass is 352 g/mol. The van der Waals surface area contributed by atoms with Crippen molar-refractivity contribution in [3.05, 3.63) is 0 Å². The van der Waals surface area contributed by atoms with E-state index in [-0.39, 0.29) is 23.9 Å². The van der Waals surface area contributed by atoms with Crippen LogP contribution in [0.3, 0.4) is 0 Å². The summed E-state index contributed by atoms with van der Waals surface area (Å²) >= 11 is 0. The molecule has 0 saturated carbocycles. The molecule has 0 aromatic heterocycles. The molecule has 5 nitrogen and oxygen atoms in total. The Labute approximate surface area is 151 Å². The fourth-order valence-electron chi connectivity index (χ4n) is 2.54. The largest absolute Gasteiger partial charge is 0.446 e. The molecule has 0 bridgehead atoms. The summed E-state index contributed by atoms with van der Waals surface area (Å²) in [4.78, 5) is 23.0. The second-order valence-corrected chi connectivity index (χ2v) is 6.66. The summed E-state index contributed by atoms with van der Waals surface area (Å²) in [6.07, 6.45) is 4.03. The molecule has 1 aliphatic rings. The number of cyclic esters (lactones) is 1. The Morgan fingerprint density at radius 2 is 1.92 bits per heavy atom. The lowest BCUT2D eigenvalue weighted by molar-refractivity contribution is -0.142. The Kier molecular flexibility index (Phi) is 10.4. The van der Waals surface area contributed by atoms with Crippen LogP contribution in [0.4, 0.5) is 0 Å². The van der Waals surface area contributed by atoms with Crippen molar-refractivity contribution in [3.8, 4) is 11.8 Å². The van der Waals surface area contributed by atoms with Crippen LogP contribution in [0.2, 0.25) is 0 Å². The second-order valence-electron chi connectivity index (χ2n) is 6.66. The molecule has 142 valence electrons. The van der Waals surface area contributed by atoms with Gasteiger partial charge in [-0.3, -0.25) is 4.79 Å². The molecule has 5 atom stereocenters. The third kappa shape index (κ3) is 7.17. The lowest BCUT2D eigenvalue weighted by atomic mass is 10.0. The average Bonchev–Trinajstić information content (AvgIpc) is 2.86. The summed E-state index contributed by atoms with van der Waals surface area (Å²) in [6, 6.07) is 0. The predicted octanol–water partition coefficient (Wildman–Crippen LogP) is 3.15. The molecule has 1 aliphatic heterocycles. The van der Waals surface area contributed by atoms with Crippen molar-refractivity contribution in [1.29, 1.82) is 0 Å². The van der Waals surface area contributed by atoms with Gasteiger partial charge in [0, 0.05) is 25.6 Å². The van der Waals surface area contributed by atoms with Crippen molar-refractivity contribution in [3.63, 3.8) is 0 Å². The number of carbonyl (C=O) groups excluding carboxylic acids is 2. The minimum atomic E-state index is -0.526. The van der Waals surface area contributed by atoms with E-state index in [1.165, 1.54) is 0 Å². The first-order valence-electron chi connectivity index (χ1n) is 9.42. The van der Waals surface area contributed by atoms with E-state index in [2.05, 4.69) is 25.7 Å². The van der Waals surface area contributed by atoms with Crippen LogP contribution in [0, 0.1) is 23.7 Å². The molecule has 0 spiro atoms. The number of esters is 1. The van der Waals surface area contributed by atoms with Gasteiger partial charge in [-0.15, -0.1) is 0 Å². The molecule has 0 amide bonds. The third-order valence-corrected chi connectivity index (χ3v) is 4.39. The van der Waals surface area contributed by atoms with Crippen LogP contribution in [0.15, 0.2) is 0 Å². The van der Waals surface area contributed by atoms with E-state index in [9.17, 15) is 9.59 Å². The van der Waals surface area contributed by atoms with Crippen LogP contribution in [-0.4, -0.2) is 43.8 Å². The maximum absolute atomic E-state index is 11.8. The maximum atomic E-state index is 11.8. The zero-order chi connectivity index (χ0) is 18.7. The number of ether oxygens (including phenoxy) is 3. The lowest BCUT2D eigenvalue weighted by Gasteiger charge is -2.18. The molecular weight excluding hydrogens is 320 g/mol. The number of unbranched alkanes of at least 4 members (excludes halogenated alkanes) is 2. The van der Waals surface area contributed by atoms with E-state index in [4.69, 9.17) is 14.2 Å². The number of hydrogen-bond donors (Lipinski definition) is 0. The molecule has 1 heterocycles. The smallest absolute Gasteiger partial charge is 0.312 e. The van der Waals surface area contributed by atoms with Gasteiger partial charge in [0.1, 0.15) is 18.5 Å². The van der Waals surface area contributed by atoms with E-state index < -0.39 is 12.2 Å². The highest BCUT2D eigenvalue weighted by Gasteiger charge is 2.41. The Balaban J connectivity index is 2.55. The minimum Gasteiger partial charge on any atom is -0.446 e. The summed E-state index contributed by atoms with van der Waals surface area (Å²) in [5.41, 5.74) is 0. The minimum absolute atomic E-state index is 0.00385. The molecular formula is C20H32O5. The molecule has 5 heteroatoms. The van der Waals surface area contributed by atoms with E-state index in [1.807, 2.05) is 13.8 Å². The van der Waals surface area contributed by atoms with Gasteiger partial charge in [0.05, 0.1) is 5.92 Å². The second kappa shape index (κ2) is 12.1. The van der Waals surface area contributed by atoms with Crippen molar-refractivity contribution in [2.45, 2.75) is 78.1 Å². The van der Waals surface area contributed by atoms with E-state index in [0.29, 0.717) is 19.6 Å². The molecule has 1 rings (SSSR count). The highest BCUT2D eigenvalue weighted by atomic mass is 16.6. The highest BCUT2D eigenvalue weighted by molar-refractivity contribution is 5.76. The van der Waals surface area contributed by atoms with Crippen LogP contribution < -0.4 is 0 Å². The summed E-state index contributed by atoms with van der Waals surface area (Å²) in [5, 5.41) is 0. The van der Waals surface area contributed by atoms with Crippen LogP contribution in [0.1, 0.15) is 59.8 Å². The Morgan fingerprint density at radius 3 is 2.56 bits per heavy atom. The molecule has 0 aliphatic carbocycles. The molecule has 0 aromatic carbocycles. The van der Waals surface area contributed by atoms with Crippen molar-refractivity contribution in [1.82, 2.24) is 0 Å². The van der Waals surface area contributed by atoms with Crippen molar-refractivity contribution < 1.29 is 23.8 Å². The zero-order valence-corrected chi connectivity index (χ0v) is 16.0. The molecule has 0 aromatic rings. The third-order valence-electron chi connectivity index (χ3n) is 4.39. The van der Waals surface area contributed by atoms with Crippen LogP contribution >= 0.6 is 0 Å². The van der Waals surface area contributed by atoms with Crippen molar-refractivity contribution >= 4 is 12.3 Å². The van der Waals surface area contributed by atoms with Gasteiger partial charge in [0.2, 0.25) is 0 Å². The normalized spacial score (nSPS) is 25.0. The molecule has 0 N–H and O–H groups in total. The van der Waals surface area contributed by atoms with Crippen LogP contribution in [-0.2, 0) is 23.8 Å². The number of carbonyl (C=O) groups is 2. The Hall–Kier alpha value is -1.38. The van der Waals surface area contributed by atoms with Crippen molar-refractivity contribution in [2.75, 3.05) is 13.2 Å². The topological polar surface area (TPSA) is 61.8 Å². The van der Waals surface area contributed by atoms with E-state index in [0.717, 1.165) is 32.0 Å². The fraction of sp³-hybridized carbons (Fsp3) is 0.800. The summed E-state index contributed by atoms with van der Waals surface area (Å²) < 4.78 is 16.7. The molecule has 25 heavy (non-hydrogen) atoms. The van der Waals surface area contributed by atoms with Gasteiger partial charge in [-0.1, -0.05) is 45.5 Å². The SMILES string of the molecule is CCCCO[C@H]1[C@@H](C#CC[C@@H](C)[C@@H](C=O)OCCCC)OC(=O)[C@@H]1C. The summed E-state index contributed by atoms with van der Waals surface area (Å²) in [7, 11) is 0. The first-order chi connectivity index (χ1) is 12.0. The number of rotatable bonds is 11. The molecule has 1 saturated heterocycles. The first-order valence-corrected chi connectivity index (χ1v) is 9.42. The summed E-state index contributed by atoms with van der Waals surface area (Å²) in [6.45, 7) is 9.12. The Bertz CT molecular complexity index is 464. The highest BCUT2D eigenvalue weighted by Crippen LogP contribution is 2.24. The zero-order valence-electron chi connectivity index (χ0n) is 16.0. The van der Waals surface area contributed by atoms with E-state index in [1.54, 1.807) is 0 Å². The predicted molar refractivity (Wildman–Crippen MR) is 96.0 cm³/mol. The maximum Gasteiger partial charge on any atom is 0.312 e. The molecule has 0 unspecified atom stereocenters. The van der Waals surface area contributed by atoms with Gasteiger partial charge in [-0.25, -0.2) is 0 Å². The van der Waals surface area contributed by atoms with E-state index >= 15 is 0 Å². The van der Waals surface area contributed by atoms with Gasteiger partial charge in [0.25, 0.3) is 0 Å². The fourth-order valence-corrected chi connectivity index (χ4v) is 2.54. The quantitative estimate of drug-likeness (QED) is 0.247. The first kappa shape index (κ1) is 21.7. The number of hydrogen-bond acceptors (Lipinski definition) is 5. The van der Waals surface area contributed by atoms with Gasteiger partial charge in [-0.05, 0) is 19.8 Å². The molecule has 1 fully saturated rings. The summed E-state index contributed by atoms with van der Waals surface area (Å²) in [5.74, 6) is 5.49. The van der Waals surface area contributed by atoms with Gasteiger partial charge in [0.15, 0.2) is 6.10 Å².